The number of pyridine rings is 1. The molecule has 3 N–H and O–H groups in total. The summed E-state index contributed by atoms with van der Waals surface area (Å²) in [6.07, 6.45) is 6.81. The third kappa shape index (κ3) is 2.47. The maximum Gasteiger partial charge on any atom is 0.107 e. The van der Waals surface area contributed by atoms with Crippen LogP contribution in [-0.2, 0) is 12.1 Å². The molecular weight excluding hydrogens is 252 g/mol. The first-order valence-corrected chi connectivity index (χ1v) is 5.61. The van der Waals surface area contributed by atoms with Gasteiger partial charge in [-0.25, -0.2) is 0 Å². The van der Waals surface area contributed by atoms with Crippen LogP contribution < -0.4 is 5.73 Å². The van der Waals surface area contributed by atoms with Crippen molar-refractivity contribution in [1.29, 1.82) is 0 Å². The zero-order valence-corrected chi connectivity index (χ0v) is 10.6. The third-order valence-corrected chi connectivity index (χ3v) is 3.02. The van der Waals surface area contributed by atoms with Gasteiger partial charge in [0.05, 0.1) is 24.1 Å². The number of hydrogen-bond donors (Lipinski definition) is 2. The van der Waals surface area contributed by atoms with Crippen molar-refractivity contribution in [2.75, 3.05) is 5.73 Å². The van der Waals surface area contributed by atoms with Crippen LogP contribution >= 0.6 is 12.4 Å². The second kappa shape index (κ2) is 4.59. The van der Waals surface area contributed by atoms with Crippen LogP contribution in [0.3, 0.4) is 0 Å². The molecule has 0 atom stereocenters. The molecule has 0 spiro atoms. The van der Waals surface area contributed by atoms with Crippen LogP contribution in [0.25, 0.3) is 0 Å². The van der Waals surface area contributed by atoms with Crippen molar-refractivity contribution >= 4 is 18.1 Å². The van der Waals surface area contributed by atoms with E-state index in [-0.39, 0.29) is 12.4 Å². The monoisotopic (exact) mass is 266 g/mol. The number of halogens is 1. The maximum absolute atomic E-state index is 9.89. The highest BCUT2D eigenvalue weighted by atomic mass is 35.5. The van der Waals surface area contributed by atoms with E-state index in [4.69, 9.17) is 5.73 Å². The van der Waals surface area contributed by atoms with Crippen molar-refractivity contribution in [3.05, 3.63) is 42.0 Å². The molecule has 1 aliphatic carbocycles. The Morgan fingerprint density at radius 3 is 2.61 bits per heavy atom. The SMILES string of the molecule is Cl.Nc1cnn(Cc2ccc(C3(O)CC3)nc2)c1. The molecule has 0 aliphatic heterocycles. The normalized spacial score (nSPS) is 16.1. The smallest absolute Gasteiger partial charge is 0.107 e. The lowest BCUT2D eigenvalue weighted by Gasteiger charge is -2.07. The van der Waals surface area contributed by atoms with Gasteiger partial charge in [0.15, 0.2) is 0 Å². The summed E-state index contributed by atoms with van der Waals surface area (Å²) >= 11 is 0. The van der Waals surface area contributed by atoms with E-state index in [1.54, 1.807) is 23.3 Å². The minimum atomic E-state index is -0.658. The van der Waals surface area contributed by atoms with E-state index >= 15 is 0 Å². The molecule has 5 nitrogen and oxygen atoms in total. The Balaban J connectivity index is 0.00000120. The van der Waals surface area contributed by atoms with Crippen molar-refractivity contribution in [3.8, 4) is 0 Å². The first kappa shape index (κ1) is 12.9. The lowest BCUT2D eigenvalue weighted by atomic mass is 10.2. The fraction of sp³-hybridized carbons (Fsp3) is 0.333. The molecule has 6 heteroatoms. The average Bonchev–Trinajstić information content (AvgIpc) is 2.94. The van der Waals surface area contributed by atoms with Crippen LogP contribution in [0.1, 0.15) is 24.1 Å². The summed E-state index contributed by atoms with van der Waals surface area (Å²) in [7, 11) is 0. The van der Waals surface area contributed by atoms with E-state index in [0.29, 0.717) is 12.2 Å². The molecule has 2 aromatic heterocycles. The fourth-order valence-corrected chi connectivity index (χ4v) is 1.82. The Kier molecular flexibility index (Phi) is 3.28. The van der Waals surface area contributed by atoms with Gasteiger partial charge in [0.2, 0.25) is 0 Å². The predicted octanol–water partition coefficient (Wildman–Crippen LogP) is 1.31. The van der Waals surface area contributed by atoms with E-state index in [9.17, 15) is 5.11 Å². The highest BCUT2D eigenvalue weighted by molar-refractivity contribution is 5.85. The van der Waals surface area contributed by atoms with E-state index in [1.807, 2.05) is 12.1 Å². The first-order chi connectivity index (χ1) is 8.16. The number of anilines is 1. The van der Waals surface area contributed by atoms with Crippen molar-refractivity contribution in [1.82, 2.24) is 14.8 Å². The van der Waals surface area contributed by atoms with Crippen LogP contribution in [0.15, 0.2) is 30.7 Å². The minimum absolute atomic E-state index is 0. The molecule has 2 heterocycles. The second-order valence-electron chi connectivity index (χ2n) is 4.55. The maximum atomic E-state index is 9.89. The number of rotatable bonds is 3. The molecule has 0 bridgehead atoms. The number of hydrogen-bond acceptors (Lipinski definition) is 4. The molecule has 1 aliphatic rings. The summed E-state index contributed by atoms with van der Waals surface area (Å²) in [4.78, 5) is 4.29. The molecular formula is C12H15ClN4O. The lowest BCUT2D eigenvalue weighted by molar-refractivity contribution is 0.146. The molecule has 0 aromatic carbocycles. The molecule has 96 valence electrons. The molecule has 0 unspecified atom stereocenters. The Morgan fingerprint density at radius 2 is 2.11 bits per heavy atom. The highest BCUT2D eigenvalue weighted by Crippen LogP contribution is 2.44. The zero-order chi connectivity index (χ0) is 11.9. The van der Waals surface area contributed by atoms with Crippen LogP contribution in [0.4, 0.5) is 5.69 Å². The number of aromatic nitrogens is 3. The van der Waals surface area contributed by atoms with Crippen LogP contribution in [0, 0.1) is 0 Å². The summed E-state index contributed by atoms with van der Waals surface area (Å²) in [6, 6.07) is 3.85. The van der Waals surface area contributed by atoms with Crippen LogP contribution in [0.2, 0.25) is 0 Å². The van der Waals surface area contributed by atoms with Gasteiger partial charge < -0.3 is 10.8 Å². The second-order valence-corrected chi connectivity index (χ2v) is 4.55. The molecule has 3 rings (SSSR count). The largest absolute Gasteiger partial charge is 0.396 e. The molecule has 2 aromatic rings. The van der Waals surface area contributed by atoms with Gasteiger partial charge in [0.25, 0.3) is 0 Å². The van der Waals surface area contributed by atoms with Gasteiger partial charge in [0, 0.05) is 12.4 Å². The van der Waals surface area contributed by atoms with E-state index in [0.717, 1.165) is 24.1 Å². The predicted molar refractivity (Wildman–Crippen MR) is 70.4 cm³/mol. The minimum Gasteiger partial charge on any atom is -0.396 e. The van der Waals surface area contributed by atoms with Crippen molar-refractivity contribution < 1.29 is 5.11 Å². The van der Waals surface area contributed by atoms with Gasteiger partial charge in [-0.05, 0) is 24.5 Å². The molecule has 0 radical (unpaired) electrons. The Morgan fingerprint density at radius 1 is 1.33 bits per heavy atom. The van der Waals surface area contributed by atoms with Gasteiger partial charge in [-0.3, -0.25) is 9.67 Å². The summed E-state index contributed by atoms with van der Waals surface area (Å²) < 4.78 is 1.76. The topological polar surface area (TPSA) is 77.0 Å². The van der Waals surface area contributed by atoms with Gasteiger partial charge in [-0.2, -0.15) is 5.10 Å². The molecule has 0 amide bonds. The summed E-state index contributed by atoms with van der Waals surface area (Å²) in [6.45, 7) is 0.642. The number of aliphatic hydroxyl groups is 1. The number of nitrogens with zero attached hydrogens (tertiary/aromatic N) is 3. The summed E-state index contributed by atoms with van der Waals surface area (Å²) in [5.74, 6) is 0. The Hall–Kier alpha value is -1.59. The number of nitrogen functional groups attached to an aromatic ring is 1. The van der Waals surface area contributed by atoms with Crippen LogP contribution in [-0.4, -0.2) is 19.9 Å². The van der Waals surface area contributed by atoms with Crippen LogP contribution in [0.5, 0.6) is 0 Å². The van der Waals surface area contributed by atoms with Gasteiger partial charge in [-0.15, -0.1) is 12.4 Å². The standard InChI is InChI=1S/C12H14N4O.ClH/c13-10-6-15-16(8-10)7-9-1-2-11(14-5-9)12(17)3-4-12;/h1-2,5-6,8,17H,3-4,7,13H2;1H. The quantitative estimate of drug-likeness (QED) is 0.878. The molecule has 1 fully saturated rings. The average molecular weight is 267 g/mol. The zero-order valence-electron chi connectivity index (χ0n) is 9.78. The molecule has 0 saturated heterocycles. The van der Waals surface area contributed by atoms with Crippen molar-refractivity contribution in [3.63, 3.8) is 0 Å². The lowest BCUT2D eigenvalue weighted by Crippen LogP contribution is -2.08. The number of nitrogens with two attached hydrogens (primary N) is 1. The van der Waals surface area contributed by atoms with E-state index < -0.39 is 5.60 Å². The van der Waals surface area contributed by atoms with E-state index in [1.165, 1.54) is 0 Å². The Bertz CT molecular complexity index is 533. The Labute approximate surface area is 111 Å². The highest BCUT2D eigenvalue weighted by Gasteiger charge is 2.43. The van der Waals surface area contributed by atoms with Crippen molar-refractivity contribution in [2.24, 2.45) is 0 Å². The van der Waals surface area contributed by atoms with Gasteiger partial charge >= 0.3 is 0 Å². The summed E-state index contributed by atoms with van der Waals surface area (Å²) in [5, 5.41) is 14.0. The van der Waals surface area contributed by atoms with Gasteiger partial charge in [0.1, 0.15) is 5.60 Å². The van der Waals surface area contributed by atoms with E-state index in [2.05, 4.69) is 10.1 Å². The summed E-state index contributed by atoms with van der Waals surface area (Å²) in [5.41, 5.74) is 7.39. The molecule has 18 heavy (non-hydrogen) atoms. The van der Waals surface area contributed by atoms with Gasteiger partial charge in [-0.1, -0.05) is 6.07 Å². The van der Waals surface area contributed by atoms with Crippen molar-refractivity contribution in [2.45, 2.75) is 25.0 Å². The molecule has 1 saturated carbocycles. The fourth-order valence-electron chi connectivity index (χ4n) is 1.82. The first-order valence-electron chi connectivity index (χ1n) is 5.61. The third-order valence-electron chi connectivity index (χ3n) is 3.02.